The van der Waals surface area contributed by atoms with Crippen LogP contribution in [0.15, 0.2) is 54.9 Å². The van der Waals surface area contributed by atoms with Gasteiger partial charge in [-0.1, -0.05) is 43.3 Å². The van der Waals surface area contributed by atoms with E-state index in [0.717, 1.165) is 24.1 Å². The van der Waals surface area contributed by atoms with Crippen molar-refractivity contribution in [2.75, 3.05) is 31.7 Å². The van der Waals surface area contributed by atoms with E-state index in [9.17, 15) is 14.4 Å². The molecule has 4 heterocycles. The van der Waals surface area contributed by atoms with Gasteiger partial charge >= 0.3 is 12.2 Å². The third kappa shape index (κ3) is 7.26. The summed E-state index contributed by atoms with van der Waals surface area (Å²) >= 11 is 0. The number of nitrogens with zero attached hydrogens (tertiary/aromatic N) is 6. The third-order valence-corrected chi connectivity index (χ3v) is 8.83. The minimum atomic E-state index is -0.719. The highest BCUT2D eigenvalue weighted by Gasteiger charge is 2.37. The average molecular weight is 675 g/mol. The first-order valence-corrected chi connectivity index (χ1v) is 16.2. The maximum atomic E-state index is 15.4. The lowest BCUT2D eigenvalue weighted by Crippen LogP contribution is -2.51. The number of halogens is 1. The summed E-state index contributed by atoms with van der Waals surface area (Å²) < 4.78 is 27.2. The second kappa shape index (κ2) is 14.4. The molecule has 6 rings (SSSR count). The second-order valence-corrected chi connectivity index (χ2v) is 12.5. The maximum absolute atomic E-state index is 15.4. The standard InChI is InChI=1S/C34H39FN8O6/c1-20(2)30(38-33(46)48-3)32(45)42-13-4-5-29(42)31-36-16-28(37-31)22-8-6-21(7-9-22)26-11-10-24(15-27(26)35)43-19-25(49-34(43)47)18-41-17-23(12-14-44)39-40-41/h6-11,15-17,20,25,29-30,44H,4-5,12-14,18-19H2,1-3H3,(H,36,37)(H,38,46)/t25-,29-,30-/m0/s1. The Labute approximate surface area is 282 Å². The Balaban J connectivity index is 1.11. The molecule has 0 radical (unpaired) electrons. The Bertz CT molecular complexity index is 1810. The number of carbonyl (C=O) groups excluding carboxylic acids is 3. The minimum Gasteiger partial charge on any atom is -0.453 e. The summed E-state index contributed by atoms with van der Waals surface area (Å²) in [5.74, 6) is -0.141. The number of methoxy groups -OCH3 is 1. The van der Waals surface area contributed by atoms with Crippen molar-refractivity contribution in [3.8, 4) is 22.4 Å². The smallest absolute Gasteiger partial charge is 0.414 e. The quantitative estimate of drug-likeness (QED) is 0.212. The fourth-order valence-corrected chi connectivity index (χ4v) is 6.27. The fraction of sp³-hybridized carbons (Fsp3) is 0.412. The number of aliphatic hydroxyl groups excluding tert-OH is 1. The maximum Gasteiger partial charge on any atom is 0.414 e. The number of aromatic nitrogens is 5. The molecule has 258 valence electrons. The molecule has 3 N–H and O–H groups in total. The highest BCUT2D eigenvalue weighted by molar-refractivity contribution is 5.90. The highest BCUT2D eigenvalue weighted by Crippen LogP contribution is 2.34. The van der Waals surface area contributed by atoms with Crippen LogP contribution in [0.3, 0.4) is 0 Å². The number of nitrogens with one attached hydrogen (secondary N) is 2. The Morgan fingerprint density at radius 1 is 1.18 bits per heavy atom. The molecule has 2 aliphatic rings. The monoisotopic (exact) mass is 674 g/mol. The number of benzene rings is 2. The molecule has 2 aromatic carbocycles. The number of alkyl carbamates (subject to hydrolysis) is 1. The lowest BCUT2D eigenvalue weighted by molar-refractivity contribution is -0.135. The van der Waals surface area contributed by atoms with Crippen LogP contribution in [0.25, 0.3) is 22.4 Å². The molecule has 2 aliphatic heterocycles. The topological polar surface area (TPSA) is 168 Å². The zero-order valence-corrected chi connectivity index (χ0v) is 27.5. The molecule has 0 bridgehead atoms. The van der Waals surface area contributed by atoms with Crippen molar-refractivity contribution in [1.29, 1.82) is 0 Å². The van der Waals surface area contributed by atoms with Gasteiger partial charge in [0, 0.05) is 31.3 Å². The number of ether oxygens (including phenoxy) is 2. The van der Waals surface area contributed by atoms with Crippen molar-refractivity contribution >= 4 is 23.8 Å². The molecule has 2 fully saturated rings. The molecule has 4 aromatic rings. The fourth-order valence-electron chi connectivity index (χ4n) is 6.27. The number of anilines is 1. The molecule has 14 nitrogen and oxygen atoms in total. The Morgan fingerprint density at radius 3 is 2.67 bits per heavy atom. The molecule has 15 heteroatoms. The molecular weight excluding hydrogens is 635 g/mol. The number of hydrogen-bond acceptors (Lipinski definition) is 9. The van der Waals surface area contributed by atoms with E-state index < -0.39 is 30.1 Å². The zero-order chi connectivity index (χ0) is 34.7. The van der Waals surface area contributed by atoms with Crippen LogP contribution < -0.4 is 10.2 Å². The van der Waals surface area contributed by atoms with Gasteiger partial charge in [0.25, 0.3) is 0 Å². The number of cyclic esters (lactones) is 1. The molecule has 0 saturated carbocycles. The van der Waals surface area contributed by atoms with E-state index in [1.54, 1.807) is 34.1 Å². The van der Waals surface area contributed by atoms with Crippen molar-refractivity contribution < 1.29 is 33.4 Å². The van der Waals surface area contributed by atoms with E-state index >= 15 is 4.39 Å². The van der Waals surface area contributed by atoms with Gasteiger partial charge in [-0.25, -0.2) is 23.6 Å². The van der Waals surface area contributed by atoms with E-state index in [1.807, 2.05) is 38.1 Å². The SMILES string of the molecule is COC(=O)N[C@H](C(=O)N1CCC[C@H]1c1ncc(-c2ccc(-c3ccc(N4C[C@H](Cn5cc(CCO)nn5)OC4=O)cc3F)cc2)[nH]1)C(C)C. The molecule has 0 spiro atoms. The summed E-state index contributed by atoms with van der Waals surface area (Å²) in [7, 11) is 1.27. The van der Waals surface area contributed by atoms with Gasteiger partial charge in [0.15, 0.2) is 0 Å². The average Bonchev–Trinajstić information content (AvgIpc) is 3.91. The van der Waals surface area contributed by atoms with Crippen LogP contribution in [0, 0.1) is 11.7 Å². The number of aliphatic hydroxyl groups is 1. The summed E-state index contributed by atoms with van der Waals surface area (Å²) in [6.07, 6.45) is 3.63. The summed E-state index contributed by atoms with van der Waals surface area (Å²) in [4.78, 5) is 49.1. The van der Waals surface area contributed by atoms with Crippen LogP contribution >= 0.6 is 0 Å². The van der Waals surface area contributed by atoms with Crippen LogP contribution in [0.4, 0.5) is 19.7 Å². The van der Waals surface area contributed by atoms with Gasteiger partial charge < -0.3 is 29.8 Å². The number of hydrogen-bond donors (Lipinski definition) is 3. The van der Waals surface area contributed by atoms with Gasteiger partial charge in [-0.15, -0.1) is 5.10 Å². The number of amides is 3. The molecule has 3 atom stereocenters. The largest absolute Gasteiger partial charge is 0.453 e. The van der Waals surface area contributed by atoms with Crippen molar-refractivity contribution in [1.82, 2.24) is 35.2 Å². The normalized spacial score (nSPS) is 18.2. The number of imidazole rings is 1. The number of H-pyrrole nitrogens is 1. The molecule has 3 amide bonds. The van der Waals surface area contributed by atoms with Gasteiger partial charge in [0.2, 0.25) is 5.91 Å². The Kier molecular flexibility index (Phi) is 9.90. The second-order valence-electron chi connectivity index (χ2n) is 12.5. The van der Waals surface area contributed by atoms with E-state index in [2.05, 4.69) is 25.6 Å². The Morgan fingerprint density at radius 2 is 1.96 bits per heavy atom. The number of aromatic amines is 1. The lowest BCUT2D eigenvalue weighted by Gasteiger charge is -2.30. The van der Waals surface area contributed by atoms with Crippen molar-refractivity contribution in [3.05, 3.63) is 72.2 Å². The summed E-state index contributed by atoms with van der Waals surface area (Å²) in [5, 5.41) is 19.7. The van der Waals surface area contributed by atoms with Gasteiger partial charge in [0.1, 0.15) is 23.8 Å². The summed E-state index contributed by atoms with van der Waals surface area (Å²) in [6.45, 7) is 4.77. The van der Waals surface area contributed by atoms with Gasteiger partial charge in [-0.3, -0.25) is 9.69 Å². The summed E-state index contributed by atoms with van der Waals surface area (Å²) in [5.41, 5.74) is 3.65. The van der Waals surface area contributed by atoms with Crippen molar-refractivity contribution in [3.63, 3.8) is 0 Å². The number of carbonyl (C=O) groups is 3. The number of likely N-dealkylation sites (tertiary alicyclic amines) is 1. The molecule has 0 unspecified atom stereocenters. The minimum absolute atomic E-state index is 0.0364. The Hall–Kier alpha value is -5.31. The van der Waals surface area contributed by atoms with E-state index in [1.165, 1.54) is 18.1 Å². The molecule has 49 heavy (non-hydrogen) atoms. The molecule has 2 aromatic heterocycles. The van der Waals surface area contributed by atoms with Crippen LogP contribution in [0.5, 0.6) is 0 Å². The van der Waals surface area contributed by atoms with Crippen LogP contribution in [0.1, 0.15) is 44.2 Å². The van der Waals surface area contributed by atoms with Gasteiger partial charge in [0.05, 0.1) is 49.5 Å². The van der Waals surface area contributed by atoms with Gasteiger partial charge in [-0.2, -0.15) is 0 Å². The first kappa shape index (κ1) is 33.6. The van der Waals surface area contributed by atoms with Crippen LogP contribution in [0.2, 0.25) is 0 Å². The van der Waals surface area contributed by atoms with Crippen molar-refractivity contribution in [2.24, 2.45) is 5.92 Å². The number of rotatable bonds is 11. The predicted octanol–water partition coefficient (Wildman–Crippen LogP) is 4.08. The first-order chi connectivity index (χ1) is 23.6. The van der Waals surface area contributed by atoms with Gasteiger partial charge in [-0.05, 0) is 48.1 Å². The van der Waals surface area contributed by atoms with Crippen LogP contribution in [-0.2, 0) is 27.2 Å². The van der Waals surface area contributed by atoms with E-state index in [4.69, 9.17) is 14.6 Å². The first-order valence-electron chi connectivity index (χ1n) is 16.2. The van der Waals surface area contributed by atoms with Crippen molar-refractivity contribution in [2.45, 2.75) is 57.8 Å². The molecular formula is C34H39FN8O6. The highest BCUT2D eigenvalue weighted by atomic mass is 19.1. The summed E-state index contributed by atoms with van der Waals surface area (Å²) in [6, 6.07) is 11.0. The third-order valence-electron chi connectivity index (χ3n) is 8.83. The van der Waals surface area contributed by atoms with E-state index in [-0.39, 0.29) is 37.6 Å². The zero-order valence-electron chi connectivity index (χ0n) is 27.5. The molecule has 2 saturated heterocycles. The predicted molar refractivity (Wildman–Crippen MR) is 176 cm³/mol. The molecule has 0 aliphatic carbocycles. The van der Waals surface area contributed by atoms with E-state index in [0.29, 0.717) is 41.3 Å². The lowest BCUT2D eigenvalue weighted by atomic mass is 10.0. The van der Waals surface area contributed by atoms with Crippen LogP contribution in [-0.4, -0.2) is 92.0 Å².